The number of fused-ring (bicyclic) bond motifs is 1. The van der Waals surface area contributed by atoms with Crippen LogP contribution in [0.15, 0.2) is 28.6 Å². The summed E-state index contributed by atoms with van der Waals surface area (Å²) in [6.07, 6.45) is -0.564. The van der Waals surface area contributed by atoms with Crippen molar-refractivity contribution in [1.29, 1.82) is 0 Å². The molecule has 8 nitrogen and oxygen atoms in total. The number of nitrogens with zero attached hydrogens (tertiary/aromatic N) is 4. The number of likely N-dealkylation sites (N-methyl/N-ethyl adjacent to an activating group) is 1. The highest BCUT2D eigenvalue weighted by atomic mass is 32.2. The number of para-hydroxylation sites is 2. The molecule has 0 N–H and O–H groups in total. The maximum atomic E-state index is 12.7. The number of benzene rings is 1. The number of piperazine rings is 1. The molecule has 0 spiro atoms. The zero-order valence-corrected chi connectivity index (χ0v) is 16.0. The van der Waals surface area contributed by atoms with Crippen LogP contribution in [0, 0.1) is 0 Å². The van der Waals surface area contributed by atoms with Crippen LogP contribution in [-0.2, 0) is 9.84 Å². The minimum atomic E-state index is -3.59. The fourth-order valence-corrected chi connectivity index (χ4v) is 5.15. The Bertz CT molecular complexity index is 878. The van der Waals surface area contributed by atoms with Gasteiger partial charge in [-0.2, -0.15) is 9.36 Å². The van der Waals surface area contributed by atoms with Gasteiger partial charge in [0.15, 0.2) is 11.5 Å². The molecule has 140 valence electrons. The van der Waals surface area contributed by atoms with Crippen LogP contribution >= 0.6 is 11.5 Å². The second-order valence-electron chi connectivity index (χ2n) is 6.43. The average molecular weight is 396 g/mol. The predicted octanol–water partition coefficient (Wildman–Crippen LogP) is 0.904. The van der Waals surface area contributed by atoms with E-state index in [0.29, 0.717) is 17.4 Å². The van der Waals surface area contributed by atoms with Gasteiger partial charge in [0.05, 0.1) is 5.75 Å². The molecule has 1 atom stereocenters. The van der Waals surface area contributed by atoms with E-state index in [9.17, 15) is 8.42 Å². The highest BCUT2D eigenvalue weighted by Crippen LogP contribution is 2.32. The van der Waals surface area contributed by atoms with E-state index in [4.69, 9.17) is 9.47 Å². The van der Waals surface area contributed by atoms with E-state index in [-0.39, 0.29) is 16.7 Å². The van der Waals surface area contributed by atoms with E-state index in [1.165, 1.54) is 0 Å². The summed E-state index contributed by atoms with van der Waals surface area (Å²) in [5, 5.41) is 0. The summed E-state index contributed by atoms with van der Waals surface area (Å²) in [6, 6.07) is 7.24. The Kier molecular flexibility index (Phi) is 4.72. The van der Waals surface area contributed by atoms with Crippen LogP contribution in [0.3, 0.4) is 0 Å². The molecule has 1 fully saturated rings. The molecule has 1 saturated heterocycles. The Morgan fingerprint density at radius 1 is 1.19 bits per heavy atom. The minimum Gasteiger partial charge on any atom is -0.486 e. The van der Waals surface area contributed by atoms with Crippen molar-refractivity contribution in [2.45, 2.75) is 10.4 Å². The maximum Gasteiger partial charge on any atom is 0.238 e. The van der Waals surface area contributed by atoms with Crippen molar-refractivity contribution < 1.29 is 17.9 Å². The zero-order chi connectivity index (χ0) is 18.1. The quantitative estimate of drug-likeness (QED) is 0.754. The molecule has 2 aliphatic rings. The van der Waals surface area contributed by atoms with Crippen LogP contribution in [0.5, 0.6) is 11.5 Å². The number of rotatable bonds is 4. The molecule has 0 amide bonds. The molecule has 2 aromatic rings. The van der Waals surface area contributed by atoms with Crippen LogP contribution in [0.1, 0.15) is 0 Å². The molecule has 1 aromatic carbocycles. The van der Waals surface area contributed by atoms with Crippen molar-refractivity contribution in [2.75, 3.05) is 50.5 Å². The summed E-state index contributed by atoms with van der Waals surface area (Å²) < 4.78 is 41.0. The van der Waals surface area contributed by atoms with E-state index in [0.717, 1.165) is 37.7 Å². The largest absolute Gasteiger partial charge is 0.486 e. The third-order valence-electron chi connectivity index (χ3n) is 4.42. The van der Waals surface area contributed by atoms with Crippen molar-refractivity contribution in [3.8, 4) is 11.5 Å². The van der Waals surface area contributed by atoms with E-state index in [1.807, 2.05) is 17.0 Å². The Balaban J connectivity index is 1.44. The van der Waals surface area contributed by atoms with E-state index in [1.54, 1.807) is 12.1 Å². The molecule has 1 aromatic heterocycles. The topological polar surface area (TPSA) is 84.9 Å². The zero-order valence-electron chi connectivity index (χ0n) is 14.4. The van der Waals surface area contributed by atoms with Gasteiger partial charge in [-0.1, -0.05) is 12.1 Å². The van der Waals surface area contributed by atoms with Gasteiger partial charge in [-0.05, 0) is 19.2 Å². The van der Waals surface area contributed by atoms with Crippen molar-refractivity contribution in [2.24, 2.45) is 0 Å². The molecule has 26 heavy (non-hydrogen) atoms. The monoisotopic (exact) mass is 396 g/mol. The molecule has 10 heteroatoms. The lowest BCUT2D eigenvalue weighted by molar-refractivity contribution is 0.106. The normalized spacial score (nSPS) is 21.0. The Hall–Kier alpha value is -1.91. The first kappa shape index (κ1) is 17.5. The lowest BCUT2D eigenvalue weighted by atomic mass is 10.3. The van der Waals surface area contributed by atoms with Crippen molar-refractivity contribution >= 4 is 27.3 Å². The van der Waals surface area contributed by atoms with Gasteiger partial charge in [0.1, 0.15) is 12.7 Å². The summed E-state index contributed by atoms with van der Waals surface area (Å²) in [5.41, 5.74) is 0. The third-order valence-corrected chi connectivity index (χ3v) is 7.34. The molecular weight excluding hydrogens is 376 g/mol. The highest BCUT2D eigenvalue weighted by molar-refractivity contribution is 7.93. The SMILES string of the molecule is CN1CCN(c2nsc(S(=O)(=O)CC3COc4ccccc4O3)n2)CC1. The summed E-state index contributed by atoms with van der Waals surface area (Å²) in [6.45, 7) is 3.61. The lowest BCUT2D eigenvalue weighted by Crippen LogP contribution is -2.44. The summed E-state index contributed by atoms with van der Waals surface area (Å²) in [7, 11) is -1.53. The fraction of sp³-hybridized carbons (Fsp3) is 0.500. The third kappa shape index (κ3) is 3.62. The van der Waals surface area contributed by atoms with Gasteiger partial charge in [0.25, 0.3) is 0 Å². The van der Waals surface area contributed by atoms with Crippen LogP contribution in [0.2, 0.25) is 0 Å². The highest BCUT2D eigenvalue weighted by Gasteiger charge is 2.30. The van der Waals surface area contributed by atoms with Gasteiger partial charge in [-0.25, -0.2) is 8.42 Å². The van der Waals surface area contributed by atoms with Crippen LogP contribution in [-0.4, -0.2) is 74.4 Å². The van der Waals surface area contributed by atoms with Crippen molar-refractivity contribution in [1.82, 2.24) is 14.3 Å². The maximum absolute atomic E-state index is 12.7. The average Bonchev–Trinajstić information content (AvgIpc) is 3.13. The van der Waals surface area contributed by atoms with Crippen LogP contribution in [0.4, 0.5) is 5.95 Å². The molecule has 0 saturated carbocycles. The van der Waals surface area contributed by atoms with Crippen molar-refractivity contribution in [3.63, 3.8) is 0 Å². The van der Waals surface area contributed by atoms with Gasteiger partial charge in [-0.3, -0.25) is 0 Å². The van der Waals surface area contributed by atoms with Gasteiger partial charge in [-0.15, -0.1) is 0 Å². The standard InChI is InChI=1S/C16H20N4O4S2/c1-19-6-8-20(9-7-19)15-17-16(25-18-15)26(21,22)11-12-10-23-13-4-2-3-5-14(13)24-12/h2-5,12H,6-11H2,1H3. The number of sulfone groups is 1. The summed E-state index contributed by atoms with van der Waals surface area (Å²) in [4.78, 5) is 8.51. The van der Waals surface area contributed by atoms with Crippen LogP contribution in [0.25, 0.3) is 0 Å². The second-order valence-corrected chi connectivity index (χ2v) is 9.39. The predicted molar refractivity (Wildman–Crippen MR) is 98.0 cm³/mol. The van der Waals surface area contributed by atoms with E-state index >= 15 is 0 Å². The Morgan fingerprint density at radius 2 is 1.92 bits per heavy atom. The smallest absolute Gasteiger partial charge is 0.238 e. The van der Waals surface area contributed by atoms with E-state index in [2.05, 4.69) is 21.3 Å². The lowest BCUT2D eigenvalue weighted by Gasteiger charge is -2.31. The first-order valence-electron chi connectivity index (χ1n) is 8.40. The Morgan fingerprint density at radius 3 is 2.69 bits per heavy atom. The molecule has 0 aliphatic carbocycles. The fourth-order valence-electron chi connectivity index (χ4n) is 2.92. The Labute approximate surface area is 156 Å². The number of aromatic nitrogens is 2. The van der Waals surface area contributed by atoms with Gasteiger partial charge < -0.3 is 19.3 Å². The minimum absolute atomic E-state index is 0.0360. The molecule has 0 radical (unpaired) electrons. The van der Waals surface area contributed by atoms with Gasteiger partial charge in [0, 0.05) is 37.7 Å². The number of hydrogen-bond donors (Lipinski definition) is 0. The van der Waals surface area contributed by atoms with Crippen molar-refractivity contribution in [3.05, 3.63) is 24.3 Å². The second kappa shape index (κ2) is 7.01. The molecule has 3 heterocycles. The summed E-state index contributed by atoms with van der Waals surface area (Å²) >= 11 is 0.924. The van der Waals surface area contributed by atoms with E-state index < -0.39 is 15.9 Å². The van der Waals surface area contributed by atoms with Crippen LogP contribution < -0.4 is 14.4 Å². The first-order valence-corrected chi connectivity index (χ1v) is 10.8. The first-order chi connectivity index (χ1) is 12.5. The van der Waals surface area contributed by atoms with Gasteiger partial charge in [0.2, 0.25) is 20.1 Å². The molecule has 0 bridgehead atoms. The molecular formula is C16H20N4O4S2. The summed E-state index contributed by atoms with van der Waals surface area (Å²) in [5.74, 6) is 1.51. The number of ether oxygens (including phenoxy) is 2. The molecule has 4 rings (SSSR count). The molecule has 2 aliphatic heterocycles. The van der Waals surface area contributed by atoms with Gasteiger partial charge >= 0.3 is 0 Å². The molecule has 1 unspecified atom stereocenters. The number of hydrogen-bond acceptors (Lipinski definition) is 9. The number of anilines is 1.